The van der Waals surface area contributed by atoms with Gasteiger partial charge in [-0.2, -0.15) is 0 Å². The first-order valence-corrected chi connectivity index (χ1v) is 12.4. The molecule has 1 saturated heterocycles. The molecule has 37 heavy (non-hydrogen) atoms. The summed E-state index contributed by atoms with van der Waals surface area (Å²) in [6, 6.07) is 16.9. The highest BCUT2D eigenvalue weighted by molar-refractivity contribution is 6.48. The van der Waals surface area contributed by atoms with E-state index in [0.717, 1.165) is 40.9 Å². The fourth-order valence-electron chi connectivity index (χ4n) is 4.65. The number of rotatable bonds is 7. The number of morpholine rings is 1. The summed E-state index contributed by atoms with van der Waals surface area (Å²) in [4.78, 5) is 33.0. The van der Waals surface area contributed by atoms with Crippen molar-refractivity contribution < 1.29 is 19.1 Å². The predicted molar refractivity (Wildman–Crippen MR) is 144 cm³/mol. The number of ether oxygens (including phenoxy) is 2. The van der Waals surface area contributed by atoms with E-state index in [4.69, 9.17) is 21.1 Å². The van der Waals surface area contributed by atoms with Crippen LogP contribution >= 0.6 is 11.6 Å². The highest BCUT2D eigenvalue weighted by Gasteiger charge is 2.26. The lowest BCUT2D eigenvalue weighted by molar-refractivity contribution is -0.112. The van der Waals surface area contributed by atoms with Gasteiger partial charge in [0.1, 0.15) is 0 Å². The van der Waals surface area contributed by atoms with Crippen molar-refractivity contribution in [3.63, 3.8) is 0 Å². The van der Waals surface area contributed by atoms with Gasteiger partial charge in [0.25, 0.3) is 11.7 Å². The zero-order chi connectivity index (χ0) is 25.9. The van der Waals surface area contributed by atoms with E-state index in [2.05, 4.69) is 25.8 Å². The number of carbonyl (C=O) groups excluding carboxylic acids is 2. The van der Waals surface area contributed by atoms with Crippen molar-refractivity contribution in [1.82, 2.24) is 9.55 Å². The Balaban J connectivity index is 1.55. The number of nitrogens with one attached hydrogen (secondary N) is 1. The van der Waals surface area contributed by atoms with Crippen LogP contribution in [-0.2, 0) is 16.1 Å². The number of aromatic nitrogens is 2. The Bertz CT molecular complexity index is 1460. The Morgan fingerprint density at radius 1 is 1.08 bits per heavy atom. The highest BCUT2D eigenvalue weighted by Crippen LogP contribution is 2.32. The summed E-state index contributed by atoms with van der Waals surface area (Å²) in [5, 5.41) is 4.09. The average Bonchev–Trinajstić information content (AvgIpc) is 3.20. The van der Waals surface area contributed by atoms with Gasteiger partial charge < -0.3 is 24.3 Å². The van der Waals surface area contributed by atoms with Crippen molar-refractivity contribution in [2.24, 2.45) is 0 Å². The molecule has 0 atom stereocenters. The Morgan fingerprint density at radius 2 is 1.84 bits per heavy atom. The largest absolute Gasteiger partial charge is 0.481 e. The molecule has 9 heteroatoms. The van der Waals surface area contributed by atoms with Gasteiger partial charge in [-0.05, 0) is 48.9 Å². The first-order chi connectivity index (χ1) is 17.9. The zero-order valence-corrected chi connectivity index (χ0v) is 21.4. The third-order valence-corrected chi connectivity index (χ3v) is 6.82. The number of pyridine rings is 1. The summed E-state index contributed by atoms with van der Waals surface area (Å²) in [5.41, 5.74) is 4.45. The quantitative estimate of drug-likeness (QED) is 0.281. The predicted octanol–water partition coefficient (Wildman–Crippen LogP) is 4.71. The van der Waals surface area contributed by atoms with Gasteiger partial charge >= 0.3 is 0 Å². The minimum atomic E-state index is -0.723. The van der Waals surface area contributed by atoms with Crippen molar-refractivity contribution >= 4 is 45.6 Å². The van der Waals surface area contributed by atoms with Crippen molar-refractivity contribution in [2.75, 3.05) is 43.6 Å². The maximum Gasteiger partial charge on any atom is 0.296 e. The number of nitrogens with zero attached hydrogens (tertiary/aromatic N) is 3. The number of methoxy groups -OCH3 is 1. The molecule has 3 heterocycles. The SMILES string of the molecule is COc1cc(NC(=O)C(=O)c2c(C)n(Cc3ccc(Cl)cc3)c3ccc(N4CCOCC4)cc23)ccn1. The maximum absolute atomic E-state index is 13.6. The summed E-state index contributed by atoms with van der Waals surface area (Å²) in [5.74, 6) is -0.984. The van der Waals surface area contributed by atoms with E-state index < -0.39 is 11.7 Å². The van der Waals surface area contributed by atoms with Crippen molar-refractivity contribution in [1.29, 1.82) is 0 Å². The molecule has 2 aromatic heterocycles. The van der Waals surface area contributed by atoms with Gasteiger partial charge in [0.15, 0.2) is 0 Å². The number of fused-ring (bicyclic) bond motifs is 1. The molecular formula is C28H27ClN4O4. The van der Waals surface area contributed by atoms with E-state index >= 15 is 0 Å². The summed E-state index contributed by atoms with van der Waals surface area (Å²) in [6.07, 6.45) is 1.51. The third-order valence-electron chi connectivity index (χ3n) is 6.57. The van der Waals surface area contributed by atoms with Gasteiger partial charge in [0.05, 0.1) is 25.9 Å². The van der Waals surface area contributed by atoms with E-state index in [1.807, 2.05) is 43.3 Å². The fraction of sp³-hybridized carbons (Fsp3) is 0.250. The van der Waals surface area contributed by atoms with Gasteiger partial charge in [-0.1, -0.05) is 23.7 Å². The fourth-order valence-corrected chi connectivity index (χ4v) is 4.78. The standard InChI is InChI=1S/C28H27ClN4O4/c1-18-26(27(34)28(35)31-21-9-10-30-25(15-21)36-2)23-16-22(32-11-13-37-14-12-32)7-8-24(23)33(18)17-19-3-5-20(29)6-4-19/h3-10,15-16H,11-14,17H2,1-2H3,(H,30,31,35). The second-order valence-corrected chi connectivity index (χ2v) is 9.28. The maximum atomic E-state index is 13.6. The lowest BCUT2D eigenvalue weighted by atomic mass is 10.0. The van der Waals surface area contributed by atoms with Crippen LogP contribution in [0.4, 0.5) is 11.4 Å². The number of Topliss-reactive ketones (excluding diaryl/α,β-unsaturated/α-hetero) is 1. The van der Waals surface area contributed by atoms with Crippen LogP contribution < -0.4 is 15.0 Å². The molecule has 0 unspecified atom stereocenters. The first kappa shape index (κ1) is 24.8. The number of amides is 1. The first-order valence-electron chi connectivity index (χ1n) is 12.0. The van der Waals surface area contributed by atoms with E-state index in [0.29, 0.717) is 41.9 Å². The number of ketones is 1. The van der Waals surface area contributed by atoms with Crippen LogP contribution in [-0.4, -0.2) is 54.7 Å². The van der Waals surface area contributed by atoms with E-state index in [1.165, 1.54) is 13.3 Å². The lowest BCUT2D eigenvalue weighted by Crippen LogP contribution is -2.36. The molecule has 0 bridgehead atoms. The second-order valence-electron chi connectivity index (χ2n) is 8.84. The summed E-state index contributed by atoms with van der Waals surface area (Å²) >= 11 is 6.08. The molecular weight excluding hydrogens is 492 g/mol. The Kier molecular flexibility index (Phi) is 7.12. The number of benzene rings is 2. The van der Waals surface area contributed by atoms with Gasteiger partial charge in [0, 0.05) is 64.9 Å². The second kappa shape index (κ2) is 10.6. The van der Waals surface area contributed by atoms with Crippen molar-refractivity contribution in [3.8, 4) is 5.88 Å². The third kappa shape index (κ3) is 5.16. The molecule has 1 aliphatic rings. The molecule has 4 aromatic rings. The summed E-state index contributed by atoms with van der Waals surface area (Å²) < 4.78 is 12.7. The Labute approximate surface area is 219 Å². The van der Waals surface area contributed by atoms with Gasteiger partial charge in [-0.25, -0.2) is 4.98 Å². The summed E-state index contributed by atoms with van der Waals surface area (Å²) in [6.45, 7) is 5.25. The average molecular weight is 519 g/mol. The molecule has 8 nitrogen and oxygen atoms in total. The Morgan fingerprint density at radius 3 is 2.57 bits per heavy atom. The van der Waals surface area contributed by atoms with Crippen LogP contribution in [0.25, 0.3) is 10.9 Å². The van der Waals surface area contributed by atoms with Gasteiger partial charge in [-0.15, -0.1) is 0 Å². The number of carbonyl (C=O) groups is 2. The summed E-state index contributed by atoms with van der Waals surface area (Å²) in [7, 11) is 1.49. The lowest BCUT2D eigenvalue weighted by Gasteiger charge is -2.29. The molecule has 1 N–H and O–H groups in total. The number of halogens is 1. The number of anilines is 2. The van der Waals surface area contributed by atoms with Gasteiger partial charge in [0.2, 0.25) is 5.88 Å². The van der Waals surface area contributed by atoms with Crippen LogP contribution in [0.15, 0.2) is 60.8 Å². The molecule has 2 aromatic carbocycles. The van der Waals surface area contributed by atoms with E-state index in [1.54, 1.807) is 12.1 Å². The van der Waals surface area contributed by atoms with Crippen LogP contribution in [0.3, 0.4) is 0 Å². The minimum absolute atomic E-state index is 0.344. The van der Waals surface area contributed by atoms with Crippen LogP contribution in [0.2, 0.25) is 5.02 Å². The number of hydrogen-bond donors (Lipinski definition) is 1. The van der Waals surface area contributed by atoms with Crippen LogP contribution in [0.1, 0.15) is 21.6 Å². The molecule has 190 valence electrons. The molecule has 0 radical (unpaired) electrons. The minimum Gasteiger partial charge on any atom is -0.481 e. The molecule has 0 aliphatic carbocycles. The zero-order valence-electron chi connectivity index (χ0n) is 20.7. The van der Waals surface area contributed by atoms with E-state index in [-0.39, 0.29) is 0 Å². The molecule has 0 spiro atoms. The Hall–Kier alpha value is -3.88. The smallest absolute Gasteiger partial charge is 0.296 e. The normalized spacial score (nSPS) is 13.5. The molecule has 1 fully saturated rings. The monoisotopic (exact) mass is 518 g/mol. The van der Waals surface area contributed by atoms with Crippen molar-refractivity contribution in [3.05, 3.63) is 82.6 Å². The highest BCUT2D eigenvalue weighted by atomic mass is 35.5. The number of hydrogen-bond acceptors (Lipinski definition) is 6. The molecule has 5 rings (SSSR count). The van der Waals surface area contributed by atoms with Crippen LogP contribution in [0.5, 0.6) is 5.88 Å². The molecule has 0 saturated carbocycles. The van der Waals surface area contributed by atoms with E-state index in [9.17, 15) is 9.59 Å². The van der Waals surface area contributed by atoms with Crippen LogP contribution in [0, 0.1) is 6.92 Å². The molecule has 1 aliphatic heterocycles. The van der Waals surface area contributed by atoms with Gasteiger partial charge in [-0.3, -0.25) is 9.59 Å². The van der Waals surface area contributed by atoms with Crippen molar-refractivity contribution in [2.45, 2.75) is 13.5 Å². The molecule has 1 amide bonds. The topological polar surface area (TPSA) is 85.7 Å².